The van der Waals surface area contributed by atoms with E-state index in [1.54, 1.807) is 0 Å². The van der Waals surface area contributed by atoms with Gasteiger partial charge in [-0.05, 0) is 43.9 Å². The quantitative estimate of drug-likeness (QED) is 0.605. The van der Waals surface area contributed by atoms with E-state index >= 15 is 0 Å². The van der Waals surface area contributed by atoms with Crippen LogP contribution in [0.5, 0.6) is 0 Å². The molecule has 1 heteroatoms. The van der Waals surface area contributed by atoms with Gasteiger partial charge in [0.2, 0.25) is 0 Å². The highest BCUT2D eigenvalue weighted by Crippen LogP contribution is 2.71. The highest BCUT2D eigenvalue weighted by molar-refractivity contribution is 6.03. The third-order valence-corrected chi connectivity index (χ3v) is 6.08. The van der Waals surface area contributed by atoms with Crippen molar-refractivity contribution in [2.75, 3.05) is 0 Å². The van der Waals surface area contributed by atoms with Gasteiger partial charge in [-0.25, -0.2) is 0 Å². The third-order valence-electron chi connectivity index (χ3n) is 6.08. The Kier molecular flexibility index (Phi) is 1.85. The maximum Gasteiger partial charge on any atom is 0.163 e. The Morgan fingerprint density at radius 3 is 2.62 bits per heavy atom. The summed E-state index contributed by atoms with van der Waals surface area (Å²) < 4.78 is 0. The van der Waals surface area contributed by atoms with Crippen LogP contribution >= 0.6 is 0 Å². The van der Waals surface area contributed by atoms with Crippen LogP contribution in [-0.2, 0) is 4.79 Å². The molecule has 3 aliphatic carbocycles. The highest BCUT2D eigenvalue weighted by atomic mass is 16.1. The summed E-state index contributed by atoms with van der Waals surface area (Å²) in [6.07, 6.45) is 4.74. The van der Waals surface area contributed by atoms with Crippen molar-refractivity contribution in [3.05, 3.63) is 11.1 Å². The second kappa shape index (κ2) is 2.80. The molecular weight excluding hydrogens is 196 g/mol. The van der Waals surface area contributed by atoms with Crippen LogP contribution in [0.25, 0.3) is 0 Å². The Labute approximate surface area is 98.3 Å². The first-order valence-corrected chi connectivity index (χ1v) is 6.67. The molecule has 88 valence electrons. The van der Waals surface area contributed by atoms with Gasteiger partial charge >= 0.3 is 0 Å². The van der Waals surface area contributed by atoms with Gasteiger partial charge in [0, 0.05) is 16.9 Å². The molecule has 0 aliphatic heterocycles. The summed E-state index contributed by atoms with van der Waals surface area (Å²) in [6, 6.07) is 0. The summed E-state index contributed by atoms with van der Waals surface area (Å²) in [7, 11) is 0. The van der Waals surface area contributed by atoms with Gasteiger partial charge in [0.1, 0.15) is 0 Å². The molecule has 0 radical (unpaired) electrons. The van der Waals surface area contributed by atoms with E-state index in [0.29, 0.717) is 17.6 Å². The maximum absolute atomic E-state index is 12.6. The first-order chi connectivity index (χ1) is 7.43. The second-order valence-electron chi connectivity index (χ2n) is 6.74. The van der Waals surface area contributed by atoms with Gasteiger partial charge in [0.05, 0.1) is 0 Å². The molecule has 0 amide bonds. The lowest BCUT2D eigenvalue weighted by atomic mass is 9.53. The zero-order valence-electron chi connectivity index (χ0n) is 10.9. The van der Waals surface area contributed by atoms with Gasteiger partial charge in [-0.2, -0.15) is 0 Å². The lowest BCUT2D eigenvalue weighted by Gasteiger charge is -2.50. The van der Waals surface area contributed by atoms with Gasteiger partial charge in [-0.3, -0.25) is 4.79 Å². The topological polar surface area (TPSA) is 17.1 Å². The van der Waals surface area contributed by atoms with Crippen LogP contribution in [0.1, 0.15) is 53.4 Å². The zero-order valence-corrected chi connectivity index (χ0v) is 10.9. The van der Waals surface area contributed by atoms with Crippen molar-refractivity contribution in [3.8, 4) is 0 Å². The van der Waals surface area contributed by atoms with Gasteiger partial charge in [-0.15, -0.1) is 0 Å². The third kappa shape index (κ3) is 0.846. The lowest BCUT2D eigenvalue weighted by molar-refractivity contribution is -0.121. The standard InChI is InChI=1S/C15H22O/c1-9-7-8-15-10(2)5-6-11(14(15,3)4)13(16)12(9)15/h10-11H,5-8H2,1-4H3/t10-,11+,15?/m1/s1. The first kappa shape index (κ1) is 10.6. The number of allylic oxidation sites excluding steroid dienone is 2. The molecule has 3 atom stereocenters. The van der Waals surface area contributed by atoms with Gasteiger partial charge < -0.3 is 0 Å². The highest BCUT2D eigenvalue weighted by Gasteiger charge is 2.67. The Balaban J connectivity index is 2.28. The number of hydrogen-bond acceptors (Lipinski definition) is 1. The monoisotopic (exact) mass is 218 g/mol. The first-order valence-electron chi connectivity index (χ1n) is 6.67. The minimum absolute atomic E-state index is 0.203. The molecule has 0 N–H and O–H groups in total. The van der Waals surface area contributed by atoms with E-state index in [-0.39, 0.29) is 10.8 Å². The number of fused-ring (bicyclic) bond motifs is 1. The number of rotatable bonds is 0. The molecule has 0 aromatic heterocycles. The van der Waals surface area contributed by atoms with E-state index in [1.807, 2.05) is 0 Å². The molecule has 0 aromatic carbocycles. The van der Waals surface area contributed by atoms with Crippen molar-refractivity contribution in [1.82, 2.24) is 0 Å². The smallest absolute Gasteiger partial charge is 0.163 e. The van der Waals surface area contributed by atoms with Crippen LogP contribution in [0.3, 0.4) is 0 Å². The van der Waals surface area contributed by atoms with E-state index in [0.717, 1.165) is 12.8 Å². The van der Waals surface area contributed by atoms with Crippen molar-refractivity contribution in [2.24, 2.45) is 22.7 Å². The second-order valence-corrected chi connectivity index (χ2v) is 6.74. The van der Waals surface area contributed by atoms with Crippen LogP contribution in [-0.4, -0.2) is 5.78 Å². The van der Waals surface area contributed by atoms with Gasteiger partial charge in [-0.1, -0.05) is 26.3 Å². The van der Waals surface area contributed by atoms with Crippen LogP contribution in [0, 0.1) is 22.7 Å². The molecule has 16 heavy (non-hydrogen) atoms. The summed E-state index contributed by atoms with van der Waals surface area (Å²) in [4.78, 5) is 12.6. The molecule has 0 heterocycles. The summed E-state index contributed by atoms with van der Waals surface area (Å²) >= 11 is 0. The Hall–Kier alpha value is -0.590. The summed E-state index contributed by atoms with van der Waals surface area (Å²) in [5.74, 6) is 1.51. The molecule has 1 spiro atoms. The van der Waals surface area contributed by atoms with E-state index in [1.165, 1.54) is 24.0 Å². The SMILES string of the molecule is CC1=C2C(=O)[C@@H]3CC[C@@H](C)C2(CC1)C3(C)C. The molecule has 3 rings (SSSR count). The van der Waals surface area contributed by atoms with Crippen molar-refractivity contribution in [2.45, 2.75) is 53.4 Å². The number of Topliss-reactive ketones (excluding diaryl/α,β-unsaturated/α-hetero) is 1. The molecule has 1 nitrogen and oxygen atoms in total. The lowest BCUT2D eigenvalue weighted by Crippen LogP contribution is -2.44. The minimum atomic E-state index is 0.203. The Morgan fingerprint density at radius 1 is 1.25 bits per heavy atom. The van der Waals surface area contributed by atoms with E-state index < -0.39 is 0 Å². The average molecular weight is 218 g/mol. The largest absolute Gasteiger partial charge is 0.294 e. The Bertz CT molecular complexity index is 402. The fraction of sp³-hybridized carbons (Fsp3) is 0.800. The predicted octanol–water partition coefficient (Wildman–Crippen LogP) is 3.74. The predicted molar refractivity (Wildman–Crippen MR) is 65.0 cm³/mol. The average Bonchev–Trinajstić information content (AvgIpc) is 2.57. The van der Waals surface area contributed by atoms with Crippen LogP contribution in [0.15, 0.2) is 11.1 Å². The van der Waals surface area contributed by atoms with Crippen molar-refractivity contribution < 1.29 is 4.79 Å². The van der Waals surface area contributed by atoms with E-state index in [9.17, 15) is 4.79 Å². The minimum Gasteiger partial charge on any atom is -0.294 e. The fourth-order valence-corrected chi connectivity index (χ4v) is 5.19. The number of carbonyl (C=O) groups is 1. The molecule has 2 bridgehead atoms. The molecule has 3 aliphatic rings. The Morgan fingerprint density at radius 2 is 1.94 bits per heavy atom. The maximum atomic E-state index is 12.6. The van der Waals surface area contributed by atoms with E-state index in [4.69, 9.17) is 0 Å². The molecule has 0 aromatic rings. The number of hydrogen-bond donors (Lipinski definition) is 0. The van der Waals surface area contributed by atoms with Crippen molar-refractivity contribution >= 4 is 5.78 Å². The van der Waals surface area contributed by atoms with Crippen molar-refractivity contribution in [1.29, 1.82) is 0 Å². The number of ketones is 1. The zero-order chi connectivity index (χ0) is 11.7. The molecule has 2 fully saturated rings. The molecule has 0 saturated heterocycles. The summed E-state index contributed by atoms with van der Waals surface area (Å²) in [5, 5.41) is 0. The number of carbonyl (C=O) groups excluding carboxylic acids is 1. The van der Waals surface area contributed by atoms with E-state index in [2.05, 4.69) is 27.7 Å². The summed E-state index contributed by atoms with van der Waals surface area (Å²) in [6.45, 7) is 9.24. The van der Waals surface area contributed by atoms with Gasteiger partial charge in [0.25, 0.3) is 0 Å². The molecule has 1 unspecified atom stereocenters. The fourth-order valence-electron chi connectivity index (χ4n) is 5.19. The van der Waals surface area contributed by atoms with Crippen LogP contribution in [0.4, 0.5) is 0 Å². The van der Waals surface area contributed by atoms with Gasteiger partial charge in [0.15, 0.2) is 5.78 Å². The summed E-state index contributed by atoms with van der Waals surface area (Å²) in [5.41, 5.74) is 3.09. The van der Waals surface area contributed by atoms with Crippen LogP contribution in [0.2, 0.25) is 0 Å². The molecule has 2 saturated carbocycles. The van der Waals surface area contributed by atoms with Crippen molar-refractivity contribution in [3.63, 3.8) is 0 Å². The van der Waals surface area contributed by atoms with Crippen LogP contribution < -0.4 is 0 Å². The normalized spacial score (nSPS) is 45.1. The molecular formula is C15H22O.